The number of nitrogens with one attached hydrogen (secondary N) is 2. The molecule has 11 nitrogen and oxygen atoms in total. The van der Waals surface area contributed by atoms with Crippen LogP contribution in [0.4, 0.5) is 33.7 Å². The van der Waals surface area contributed by atoms with Crippen molar-refractivity contribution in [2.75, 3.05) is 22.7 Å². The highest BCUT2D eigenvalue weighted by Crippen LogP contribution is 2.39. The Labute approximate surface area is 244 Å². The minimum Gasteiger partial charge on any atom is -0.485 e. The van der Waals surface area contributed by atoms with Crippen molar-refractivity contribution in [1.82, 2.24) is 9.71 Å². The van der Waals surface area contributed by atoms with E-state index < -0.39 is 62.1 Å². The zero-order valence-electron chi connectivity index (χ0n) is 22.6. The first-order chi connectivity index (χ1) is 20.0. The number of amides is 1. The summed E-state index contributed by atoms with van der Waals surface area (Å²) in [6.07, 6.45) is -5.92. The smallest absolute Gasteiger partial charge is 0.427 e. The molecule has 232 valence electrons. The van der Waals surface area contributed by atoms with E-state index in [1.165, 1.54) is 24.4 Å². The van der Waals surface area contributed by atoms with Gasteiger partial charge in [-0.25, -0.2) is 30.7 Å². The zero-order chi connectivity index (χ0) is 31.6. The van der Waals surface area contributed by atoms with E-state index in [0.29, 0.717) is 13.8 Å². The molecule has 0 fully saturated rings. The Morgan fingerprint density at radius 1 is 1.07 bits per heavy atom. The number of fused-ring (bicyclic) bond motifs is 1. The summed E-state index contributed by atoms with van der Waals surface area (Å²) in [6, 6.07) is 12.3. The van der Waals surface area contributed by atoms with E-state index in [4.69, 9.17) is 4.74 Å². The van der Waals surface area contributed by atoms with Gasteiger partial charge in [0.1, 0.15) is 23.4 Å². The molecule has 43 heavy (non-hydrogen) atoms. The summed E-state index contributed by atoms with van der Waals surface area (Å²) in [5.41, 5.74) is -2.78. The quantitative estimate of drug-likeness (QED) is 0.330. The summed E-state index contributed by atoms with van der Waals surface area (Å²) in [6.45, 7) is 0.556. The number of hydrogen-bond acceptors (Lipinski definition) is 8. The van der Waals surface area contributed by atoms with E-state index in [1.54, 1.807) is 12.1 Å². The van der Waals surface area contributed by atoms with Crippen molar-refractivity contribution in [2.45, 2.75) is 42.4 Å². The molecule has 1 amide bonds. The molecule has 4 rings (SSSR count). The number of hydrogen-bond donors (Lipinski definition) is 2. The first-order valence-corrected chi connectivity index (χ1v) is 15.6. The summed E-state index contributed by atoms with van der Waals surface area (Å²) < 4.78 is 119. The van der Waals surface area contributed by atoms with Crippen LogP contribution in [0, 0.1) is 5.82 Å². The Kier molecular flexibility index (Phi) is 8.90. The van der Waals surface area contributed by atoms with Gasteiger partial charge in [0.25, 0.3) is 10.0 Å². The van der Waals surface area contributed by atoms with Crippen molar-refractivity contribution < 1.29 is 48.7 Å². The molecule has 2 aromatic carbocycles. The van der Waals surface area contributed by atoms with Crippen molar-refractivity contribution >= 4 is 37.5 Å². The van der Waals surface area contributed by atoms with Gasteiger partial charge in [-0.15, -0.1) is 0 Å². The number of benzene rings is 2. The second kappa shape index (κ2) is 12.0. The van der Waals surface area contributed by atoms with Crippen LogP contribution in [0.1, 0.15) is 19.5 Å². The number of pyridine rings is 1. The molecule has 0 aliphatic carbocycles. The molecule has 2 heterocycles. The predicted molar refractivity (Wildman–Crippen MR) is 147 cm³/mol. The van der Waals surface area contributed by atoms with E-state index in [0.717, 1.165) is 34.6 Å². The number of carbonyl (C=O) groups excluding carboxylic acids is 1. The molecule has 1 aliphatic heterocycles. The van der Waals surface area contributed by atoms with Gasteiger partial charge in [0.2, 0.25) is 15.6 Å². The molecule has 0 saturated heterocycles. The van der Waals surface area contributed by atoms with Gasteiger partial charge in [0.05, 0.1) is 22.8 Å². The van der Waals surface area contributed by atoms with Gasteiger partial charge >= 0.3 is 12.3 Å². The molecule has 1 unspecified atom stereocenters. The fourth-order valence-electron chi connectivity index (χ4n) is 3.84. The minimum atomic E-state index is -4.86. The van der Waals surface area contributed by atoms with Gasteiger partial charge in [0.15, 0.2) is 0 Å². The Morgan fingerprint density at radius 2 is 1.77 bits per heavy atom. The molecular weight excluding hydrogens is 620 g/mol. The van der Waals surface area contributed by atoms with E-state index in [-0.39, 0.29) is 34.3 Å². The number of ether oxygens (including phenoxy) is 2. The van der Waals surface area contributed by atoms with Gasteiger partial charge in [-0.05, 0) is 68.4 Å². The monoisotopic (exact) mass is 646 g/mol. The lowest BCUT2D eigenvalue weighted by Gasteiger charge is -2.36. The van der Waals surface area contributed by atoms with Crippen LogP contribution in [-0.4, -0.2) is 58.9 Å². The summed E-state index contributed by atoms with van der Waals surface area (Å²) in [4.78, 5) is 15.9. The maximum absolute atomic E-state index is 13.6. The van der Waals surface area contributed by atoms with E-state index in [1.807, 2.05) is 0 Å². The number of anilines is 2. The molecule has 0 radical (unpaired) electrons. The number of sulfonamides is 2. The molecule has 0 saturated carbocycles. The molecule has 0 bridgehead atoms. The molecule has 17 heteroatoms. The van der Waals surface area contributed by atoms with E-state index in [2.05, 4.69) is 19.8 Å². The topological polar surface area (TPSA) is 144 Å². The Morgan fingerprint density at radius 3 is 2.40 bits per heavy atom. The van der Waals surface area contributed by atoms with E-state index >= 15 is 0 Å². The van der Waals surface area contributed by atoms with Gasteiger partial charge in [0, 0.05) is 18.4 Å². The molecule has 2 N–H and O–H groups in total. The van der Waals surface area contributed by atoms with Crippen LogP contribution < -0.4 is 19.1 Å². The first-order valence-electron chi connectivity index (χ1n) is 12.5. The van der Waals surface area contributed by atoms with Gasteiger partial charge < -0.3 is 9.47 Å². The second-order valence-corrected chi connectivity index (χ2v) is 13.5. The van der Waals surface area contributed by atoms with Crippen LogP contribution in [0.5, 0.6) is 5.75 Å². The highest BCUT2D eigenvalue weighted by Gasteiger charge is 2.51. The second-order valence-electron chi connectivity index (χ2n) is 9.86. The Balaban J connectivity index is 1.61. The third kappa shape index (κ3) is 7.71. The van der Waals surface area contributed by atoms with Crippen LogP contribution in [0.2, 0.25) is 0 Å². The number of halogens is 4. The summed E-state index contributed by atoms with van der Waals surface area (Å²) in [5.74, 6) is -1.17. The van der Waals surface area contributed by atoms with Gasteiger partial charge in [-0.2, -0.15) is 13.2 Å². The van der Waals surface area contributed by atoms with Crippen LogP contribution in [-0.2, 0) is 30.5 Å². The van der Waals surface area contributed by atoms with Gasteiger partial charge in [-0.3, -0.25) is 14.6 Å². The van der Waals surface area contributed by atoms with Crippen LogP contribution in [0.15, 0.2) is 71.8 Å². The highest BCUT2D eigenvalue weighted by molar-refractivity contribution is 7.92. The zero-order valence-corrected chi connectivity index (χ0v) is 24.3. The van der Waals surface area contributed by atoms with Crippen LogP contribution in [0.25, 0.3) is 0 Å². The fraction of sp³-hybridized carbons (Fsp3) is 0.308. The number of carbonyl (C=O) groups is 1. The summed E-state index contributed by atoms with van der Waals surface area (Å²) >= 11 is 0. The van der Waals surface area contributed by atoms with Crippen molar-refractivity contribution in [1.29, 1.82) is 0 Å². The van der Waals surface area contributed by atoms with Crippen LogP contribution in [0.3, 0.4) is 0 Å². The Hall–Kier alpha value is -3.96. The van der Waals surface area contributed by atoms with Crippen molar-refractivity contribution in [3.05, 3.63) is 78.4 Å². The average molecular weight is 647 g/mol. The first kappa shape index (κ1) is 32.0. The molecule has 3 aromatic rings. The number of nitrogens with zero attached hydrogens (tertiary/aromatic N) is 2. The maximum atomic E-state index is 13.6. The number of alkyl halides is 3. The largest absolute Gasteiger partial charge is 0.485 e. The molecule has 1 aromatic heterocycles. The predicted octanol–water partition coefficient (Wildman–Crippen LogP) is 4.19. The van der Waals surface area contributed by atoms with Crippen molar-refractivity contribution in [3.8, 4) is 5.75 Å². The number of aromatic nitrogens is 1. The SMILES string of the molecule is CC(C)(OC(=O)Nc1ccc2c(c1)N(S(=O)(=O)c1ccc(F)cc1)CC(CNS(=O)(=O)Cc1ccccn1)O2)C(F)(F)F. The lowest BCUT2D eigenvalue weighted by atomic mass is 10.1. The molecular formula is C26H26F4N4O7S2. The van der Waals surface area contributed by atoms with E-state index in [9.17, 15) is 39.2 Å². The summed E-state index contributed by atoms with van der Waals surface area (Å²) in [5, 5.41) is 2.13. The standard InChI is InChI=1S/C26H26F4N4O7S2/c1-25(2,26(28,29)30)41-24(35)33-18-8-11-23-22(13-18)34(43(38,39)21-9-6-17(27)7-10-21)15-20(40-23)14-32-42(36,37)16-19-5-3-4-12-31-19/h3-13,20,32H,14-16H2,1-2H3,(H,33,35). The normalized spacial score (nSPS) is 15.8. The molecule has 1 atom stereocenters. The average Bonchev–Trinajstić information content (AvgIpc) is 2.91. The lowest BCUT2D eigenvalue weighted by molar-refractivity contribution is -0.242. The summed E-state index contributed by atoms with van der Waals surface area (Å²) in [7, 11) is -8.32. The van der Waals surface area contributed by atoms with Crippen LogP contribution >= 0.6 is 0 Å². The lowest BCUT2D eigenvalue weighted by Crippen LogP contribution is -2.48. The highest BCUT2D eigenvalue weighted by atomic mass is 32.2. The van der Waals surface area contributed by atoms with Crippen molar-refractivity contribution in [2.24, 2.45) is 0 Å². The maximum Gasteiger partial charge on any atom is 0.427 e. The third-order valence-electron chi connectivity index (χ3n) is 6.16. The minimum absolute atomic E-state index is 0.0413. The Bertz CT molecular complexity index is 1690. The fourth-order valence-corrected chi connectivity index (χ4v) is 6.44. The van der Waals surface area contributed by atoms with Crippen molar-refractivity contribution in [3.63, 3.8) is 0 Å². The molecule has 0 spiro atoms. The molecule has 1 aliphatic rings. The van der Waals surface area contributed by atoms with Gasteiger partial charge in [-0.1, -0.05) is 6.07 Å². The third-order valence-corrected chi connectivity index (χ3v) is 9.24. The number of rotatable bonds is 9.